The second kappa shape index (κ2) is 3.17. The summed E-state index contributed by atoms with van der Waals surface area (Å²) in [4.78, 5) is 0. The number of aromatic hydroxyl groups is 3. The number of allylic oxidation sites excluding steroid dienone is 1. The summed E-state index contributed by atoms with van der Waals surface area (Å²) in [6, 6.07) is 2.36. The van der Waals surface area contributed by atoms with E-state index < -0.39 is 0 Å². The smallest absolute Gasteiger partial charge is 0.126 e. The van der Waals surface area contributed by atoms with Gasteiger partial charge in [0.2, 0.25) is 0 Å². The standard InChI is InChI=1S/C9H10O3/c1-2-3-7-8(11)4-6(10)5-9(7)12/h2,4-5,10-12H,1,3H2. The zero-order chi connectivity index (χ0) is 9.14. The first kappa shape index (κ1) is 8.46. The van der Waals surface area contributed by atoms with Gasteiger partial charge in [-0.3, -0.25) is 0 Å². The third-order valence-electron chi connectivity index (χ3n) is 1.54. The molecule has 3 N–H and O–H groups in total. The molecule has 3 nitrogen and oxygen atoms in total. The van der Waals surface area contributed by atoms with Crippen LogP contribution in [-0.4, -0.2) is 15.3 Å². The molecule has 0 unspecified atom stereocenters. The van der Waals surface area contributed by atoms with Crippen LogP contribution in [0.4, 0.5) is 0 Å². The molecule has 64 valence electrons. The van der Waals surface area contributed by atoms with Crippen LogP contribution in [0, 0.1) is 0 Å². The number of hydrogen-bond donors (Lipinski definition) is 3. The van der Waals surface area contributed by atoms with Crippen LogP contribution in [0.2, 0.25) is 0 Å². The molecule has 0 atom stereocenters. The zero-order valence-electron chi connectivity index (χ0n) is 6.49. The summed E-state index contributed by atoms with van der Waals surface area (Å²) in [7, 11) is 0. The fourth-order valence-electron chi connectivity index (χ4n) is 0.981. The Hall–Kier alpha value is -1.64. The van der Waals surface area contributed by atoms with E-state index in [-0.39, 0.29) is 17.2 Å². The van der Waals surface area contributed by atoms with Crippen molar-refractivity contribution in [2.24, 2.45) is 0 Å². The van der Waals surface area contributed by atoms with Crippen LogP contribution in [-0.2, 0) is 6.42 Å². The van der Waals surface area contributed by atoms with Gasteiger partial charge in [0.1, 0.15) is 17.2 Å². The summed E-state index contributed by atoms with van der Waals surface area (Å²) in [6.45, 7) is 3.48. The summed E-state index contributed by atoms with van der Waals surface area (Å²) in [5, 5.41) is 27.4. The highest BCUT2D eigenvalue weighted by molar-refractivity contribution is 5.49. The van der Waals surface area contributed by atoms with Crippen molar-refractivity contribution >= 4 is 0 Å². The summed E-state index contributed by atoms with van der Waals surface area (Å²) in [5.41, 5.74) is 0.378. The first-order chi connectivity index (χ1) is 5.65. The third-order valence-corrected chi connectivity index (χ3v) is 1.54. The summed E-state index contributed by atoms with van der Waals surface area (Å²) < 4.78 is 0. The molecule has 0 amide bonds. The van der Waals surface area contributed by atoms with Crippen LogP contribution in [0.3, 0.4) is 0 Å². The molecule has 3 heteroatoms. The average molecular weight is 166 g/mol. The lowest BCUT2D eigenvalue weighted by Crippen LogP contribution is -1.83. The largest absolute Gasteiger partial charge is 0.508 e. The minimum absolute atomic E-state index is 0.118. The van der Waals surface area contributed by atoms with Gasteiger partial charge in [0.15, 0.2) is 0 Å². The molecule has 0 saturated carbocycles. The number of hydrogen-bond acceptors (Lipinski definition) is 3. The van der Waals surface area contributed by atoms with Crippen LogP contribution < -0.4 is 0 Å². The molecule has 0 aliphatic heterocycles. The van der Waals surface area contributed by atoms with Crippen molar-refractivity contribution in [1.82, 2.24) is 0 Å². The fourth-order valence-corrected chi connectivity index (χ4v) is 0.981. The minimum atomic E-state index is -0.155. The molecule has 0 spiro atoms. The average Bonchev–Trinajstić information content (AvgIpc) is 1.96. The highest BCUT2D eigenvalue weighted by Crippen LogP contribution is 2.32. The Kier molecular flexibility index (Phi) is 2.24. The van der Waals surface area contributed by atoms with E-state index in [0.717, 1.165) is 0 Å². The van der Waals surface area contributed by atoms with Gasteiger partial charge in [0.05, 0.1) is 0 Å². The molecule has 1 aromatic rings. The van der Waals surface area contributed by atoms with Crippen molar-refractivity contribution in [2.45, 2.75) is 6.42 Å². The van der Waals surface area contributed by atoms with Crippen LogP contribution in [0.15, 0.2) is 24.8 Å². The van der Waals surface area contributed by atoms with Gasteiger partial charge in [0.25, 0.3) is 0 Å². The van der Waals surface area contributed by atoms with Crippen molar-refractivity contribution in [2.75, 3.05) is 0 Å². The van der Waals surface area contributed by atoms with Crippen molar-refractivity contribution in [3.8, 4) is 17.2 Å². The van der Waals surface area contributed by atoms with Crippen LogP contribution >= 0.6 is 0 Å². The summed E-state index contributed by atoms with van der Waals surface area (Å²) in [6.07, 6.45) is 1.93. The van der Waals surface area contributed by atoms with E-state index in [9.17, 15) is 10.2 Å². The number of phenols is 3. The molecule has 1 aromatic carbocycles. The number of phenolic OH excluding ortho intramolecular Hbond substituents is 3. The van der Waals surface area contributed by atoms with E-state index in [1.54, 1.807) is 6.08 Å². The van der Waals surface area contributed by atoms with E-state index in [4.69, 9.17) is 5.11 Å². The quantitative estimate of drug-likeness (QED) is 0.584. The van der Waals surface area contributed by atoms with E-state index in [1.165, 1.54) is 12.1 Å². The maximum atomic E-state index is 9.24. The SMILES string of the molecule is C=CCc1c(O)cc(O)cc1O. The van der Waals surface area contributed by atoms with Gasteiger partial charge in [-0.2, -0.15) is 0 Å². The first-order valence-corrected chi connectivity index (χ1v) is 3.50. The highest BCUT2D eigenvalue weighted by Gasteiger charge is 2.06. The van der Waals surface area contributed by atoms with Gasteiger partial charge in [-0.25, -0.2) is 0 Å². The number of rotatable bonds is 2. The second-order valence-electron chi connectivity index (χ2n) is 2.46. The molecule has 0 radical (unpaired) electrons. The Morgan fingerprint density at radius 3 is 2.08 bits per heavy atom. The van der Waals surface area contributed by atoms with Crippen LogP contribution in [0.1, 0.15) is 5.56 Å². The zero-order valence-corrected chi connectivity index (χ0v) is 6.49. The van der Waals surface area contributed by atoms with E-state index in [1.807, 2.05) is 0 Å². The predicted octanol–water partition coefficient (Wildman–Crippen LogP) is 1.53. The molecule has 0 aliphatic carbocycles. The van der Waals surface area contributed by atoms with Crippen molar-refractivity contribution in [3.05, 3.63) is 30.4 Å². The van der Waals surface area contributed by atoms with Gasteiger partial charge in [-0.15, -0.1) is 6.58 Å². The summed E-state index contributed by atoms with van der Waals surface area (Å²) in [5.74, 6) is -0.391. The lowest BCUT2D eigenvalue weighted by molar-refractivity contribution is 0.421. The molecule has 1 rings (SSSR count). The van der Waals surface area contributed by atoms with Gasteiger partial charge in [-0.05, 0) is 6.42 Å². The lowest BCUT2D eigenvalue weighted by atomic mass is 10.1. The fraction of sp³-hybridized carbons (Fsp3) is 0.111. The Bertz CT molecular complexity index is 282. The Morgan fingerprint density at radius 2 is 1.67 bits per heavy atom. The van der Waals surface area contributed by atoms with Crippen molar-refractivity contribution in [3.63, 3.8) is 0 Å². The monoisotopic (exact) mass is 166 g/mol. The molecule has 0 aromatic heterocycles. The summed E-state index contributed by atoms with van der Waals surface area (Å²) >= 11 is 0. The van der Waals surface area contributed by atoms with Gasteiger partial charge >= 0.3 is 0 Å². The Morgan fingerprint density at radius 1 is 1.17 bits per heavy atom. The molecule has 0 fully saturated rings. The van der Waals surface area contributed by atoms with E-state index in [2.05, 4.69) is 6.58 Å². The lowest BCUT2D eigenvalue weighted by Gasteiger charge is -2.04. The number of benzene rings is 1. The van der Waals surface area contributed by atoms with Crippen LogP contribution in [0.25, 0.3) is 0 Å². The van der Waals surface area contributed by atoms with Gasteiger partial charge < -0.3 is 15.3 Å². The second-order valence-corrected chi connectivity index (χ2v) is 2.46. The van der Waals surface area contributed by atoms with E-state index in [0.29, 0.717) is 12.0 Å². The first-order valence-electron chi connectivity index (χ1n) is 3.50. The maximum absolute atomic E-state index is 9.24. The molecule has 0 aliphatic rings. The topological polar surface area (TPSA) is 60.7 Å². The predicted molar refractivity (Wildman–Crippen MR) is 45.3 cm³/mol. The molecule has 0 saturated heterocycles. The van der Waals surface area contributed by atoms with Gasteiger partial charge in [0, 0.05) is 17.7 Å². The van der Waals surface area contributed by atoms with Crippen molar-refractivity contribution < 1.29 is 15.3 Å². The Labute approximate surface area is 70.2 Å². The highest BCUT2D eigenvalue weighted by atomic mass is 16.3. The molecule has 0 bridgehead atoms. The maximum Gasteiger partial charge on any atom is 0.126 e. The molecule has 12 heavy (non-hydrogen) atoms. The Balaban J connectivity index is 3.18. The minimum Gasteiger partial charge on any atom is -0.508 e. The van der Waals surface area contributed by atoms with Crippen LogP contribution in [0.5, 0.6) is 17.2 Å². The molecular formula is C9H10O3. The molecule has 0 heterocycles. The molecular weight excluding hydrogens is 156 g/mol. The van der Waals surface area contributed by atoms with E-state index >= 15 is 0 Å². The third kappa shape index (κ3) is 1.50. The van der Waals surface area contributed by atoms with Gasteiger partial charge in [-0.1, -0.05) is 6.08 Å². The normalized spacial score (nSPS) is 9.67. The van der Waals surface area contributed by atoms with Crippen molar-refractivity contribution in [1.29, 1.82) is 0 Å².